The molecule has 1 aromatic heterocycles. The normalized spacial score (nSPS) is 14.3. The predicted molar refractivity (Wildman–Crippen MR) is 120 cm³/mol. The summed E-state index contributed by atoms with van der Waals surface area (Å²) in [6.45, 7) is 3.01. The number of anilines is 1. The lowest BCUT2D eigenvalue weighted by Crippen LogP contribution is -2.49. The molecule has 1 saturated heterocycles. The third kappa shape index (κ3) is 4.89. The summed E-state index contributed by atoms with van der Waals surface area (Å²) >= 11 is 13.6. The number of amides is 1. The van der Waals surface area contributed by atoms with E-state index in [9.17, 15) is 4.79 Å². The summed E-state index contributed by atoms with van der Waals surface area (Å²) in [7, 11) is 0. The fraction of sp³-hybridized carbons (Fsp3) is 0.238. The molecule has 1 aliphatic rings. The number of imidazole rings is 1. The first-order chi connectivity index (χ1) is 14.1. The number of carbonyl (C=O) groups excluding carboxylic acids is 1. The number of thioether (sulfide) groups is 1. The molecule has 0 saturated carbocycles. The van der Waals surface area contributed by atoms with E-state index in [1.54, 1.807) is 6.20 Å². The van der Waals surface area contributed by atoms with Gasteiger partial charge in [-0.15, -0.1) is 0 Å². The number of carbonyl (C=O) groups is 1. The summed E-state index contributed by atoms with van der Waals surface area (Å²) in [4.78, 5) is 21.3. The second-order valence-corrected chi connectivity index (χ2v) is 8.51. The lowest BCUT2D eigenvalue weighted by Gasteiger charge is -2.36. The molecule has 29 heavy (non-hydrogen) atoms. The van der Waals surface area contributed by atoms with Crippen molar-refractivity contribution in [2.75, 3.05) is 36.8 Å². The van der Waals surface area contributed by atoms with Crippen LogP contribution in [0.15, 0.2) is 66.1 Å². The van der Waals surface area contributed by atoms with E-state index in [1.807, 2.05) is 58.1 Å². The zero-order valence-corrected chi connectivity index (χ0v) is 18.0. The smallest absolute Gasteiger partial charge is 0.233 e. The first kappa shape index (κ1) is 20.1. The number of nitrogens with zero attached hydrogens (tertiary/aromatic N) is 4. The van der Waals surface area contributed by atoms with Crippen LogP contribution in [0.4, 0.5) is 5.69 Å². The number of benzene rings is 2. The maximum Gasteiger partial charge on any atom is 0.233 e. The lowest BCUT2D eigenvalue weighted by atomic mass is 10.2. The molecule has 2 heterocycles. The van der Waals surface area contributed by atoms with Crippen LogP contribution in [0, 0.1) is 0 Å². The van der Waals surface area contributed by atoms with Crippen LogP contribution in [-0.4, -0.2) is 52.3 Å². The van der Waals surface area contributed by atoms with E-state index in [1.165, 1.54) is 11.8 Å². The summed E-state index contributed by atoms with van der Waals surface area (Å²) < 4.78 is 1.95. The van der Waals surface area contributed by atoms with E-state index in [0.29, 0.717) is 23.9 Å². The van der Waals surface area contributed by atoms with Gasteiger partial charge < -0.3 is 9.80 Å². The fourth-order valence-electron chi connectivity index (χ4n) is 3.32. The van der Waals surface area contributed by atoms with Gasteiger partial charge in [-0.25, -0.2) is 4.98 Å². The Kier molecular flexibility index (Phi) is 6.33. The molecular formula is C21H20Cl2N4OS. The molecule has 5 nitrogen and oxygen atoms in total. The standard InChI is InChI=1S/C21H20Cl2N4OS/c22-16-3-1-5-18(13-16)25-9-11-26(12-10-25)20(28)15-29-21-24-7-8-27(21)19-6-2-4-17(23)14-19/h1-8,13-14H,9-12,15H2. The highest BCUT2D eigenvalue weighted by Crippen LogP contribution is 2.24. The maximum absolute atomic E-state index is 12.7. The van der Waals surface area contributed by atoms with Crippen molar-refractivity contribution < 1.29 is 4.79 Å². The average molecular weight is 447 g/mol. The number of piperazine rings is 1. The fourth-order valence-corrected chi connectivity index (χ4v) is 4.57. The zero-order chi connectivity index (χ0) is 20.2. The van der Waals surface area contributed by atoms with E-state index < -0.39 is 0 Å². The molecule has 1 amide bonds. The van der Waals surface area contributed by atoms with Crippen molar-refractivity contribution in [3.63, 3.8) is 0 Å². The molecule has 0 spiro atoms. The van der Waals surface area contributed by atoms with E-state index in [2.05, 4.69) is 16.0 Å². The monoisotopic (exact) mass is 446 g/mol. The molecule has 2 aromatic carbocycles. The van der Waals surface area contributed by atoms with Gasteiger partial charge in [0, 0.05) is 60.0 Å². The Labute approximate surface area is 184 Å². The number of halogens is 2. The summed E-state index contributed by atoms with van der Waals surface area (Å²) in [6.07, 6.45) is 3.61. The van der Waals surface area contributed by atoms with Crippen molar-refractivity contribution in [1.29, 1.82) is 0 Å². The van der Waals surface area contributed by atoms with Crippen LogP contribution in [0.5, 0.6) is 0 Å². The van der Waals surface area contributed by atoms with Gasteiger partial charge in [0.2, 0.25) is 5.91 Å². The van der Waals surface area contributed by atoms with Gasteiger partial charge in [-0.3, -0.25) is 9.36 Å². The zero-order valence-electron chi connectivity index (χ0n) is 15.7. The van der Waals surface area contributed by atoms with Crippen molar-refractivity contribution in [3.8, 4) is 5.69 Å². The Morgan fingerprint density at radius 1 is 0.966 bits per heavy atom. The van der Waals surface area contributed by atoms with Gasteiger partial charge in [0.05, 0.1) is 5.75 Å². The molecule has 0 aliphatic carbocycles. The van der Waals surface area contributed by atoms with Gasteiger partial charge in [0.1, 0.15) is 0 Å². The lowest BCUT2D eigenvalue weighted by molar-refractivity contribution is -0.128. The molecule has 1 fully saturated rings. The van der Waals surface area contributed by atoms with Crippen molar-refractivity contribution in [1.82, 2.24) is 14.5 Å². The molecule has 4 rings (SSSR count). The van der Waals surface area contributed by atoms with Crippen LogP contribution < -0.4 is 4.90 Å². The molecule has 0 radical (unpaired) electrons. The Morgan fingerprint density at radius 2 is 1.62 bits per heavy atom. The molecule has 8 heteroatoms. The van der Waals surface area contributed by atoms with Crippen LogP contribution in [0.2, 0.25) is 10.0 Å². The minimum atomic E-state index is 0.126. The second-order valence-electron chi connectivity index (χ2n) is 6.70. The highest BCUT2D eigenvalue weighted by atomic mass is 35.5. The summed E-state index contributed by atoms with van der Waals surface area (Å²) in [5.74, 6) is 0.482. The number of rotatable bonds is 5. The Balaban J connectivity index is 1.33. The number of hydrogen-bond donors (Lipinski definition) is 0. The highest BCUT2D eigenvalue weighted by molar-refractivity contribution is 7.99. The van der Waals surface area contributed by atoms with Crippen molar-refractivity contribution in [2.24, 2.45) is 0 Å². The molecule has 0 atom stereocenters. The third-order valence-electron chi connectivity index (χ3n) is 4.82. The Bertz CT molecular complexity index is 1000. The van der Waals surface area contributed by atoms with E-state index in [-0.39, 0.29) is 5.91 Å². The summed E-state index contributed by atoms with van der Waals surface area (Å²) in [5, 5.41) is 2.17. The van der Waals surface area contributed by atoms with Gasteiger partial charge in [-0.2, -0.15) is 0 Å². The van der Waals surface area contributed by atoms with Gasteiger partial charge in [-0.1, -0.05) is 47.1 Å². The highest BCUT2D eigenvalue weighted by Gasteiger charge is 2.22. The molecule has 150 valence electrons. The predicted octanol–water partition coefficient (Wildman–Crippen LogP) is 4.62. The van der Waals surface area contributed by atoms with E-state index in [0.717, 1.165) is 34.6 Å². The molecule has 0 unspecified atom stereocenters. The molecule has 1 aliphatic heterocycles. The average Bonchev–Trinajstić information content (AvgIpc) is 3.21. The van der Waals surface area contributed by atoms with Crippen LogP contribution in [0.3, 0.4) is 0 Å². The van der Waals surface area contributed by atoms with E-state index in [4.69, 9.17) is 23.2 Å². The molecular weight excluding hydrogens is 427 g/mol. The largest absolute Gasteiger partial charge is 0.368 e. The maximum atomic E-state index is 12.7. The Morgan fingerprint density at radius 3 is 2.31 bits per heavy atom. The van der Waals surface area contributed by atoms with Gasteiger partial charge in [-0.05, 0) is 36.4 Å². The van der Waals surface area contributed by atoms with Crippen molar-refractivity contribution in [3.05, 3.63) is 71.0 Å². The molecule has 3 aromatic rings. The number of hydrogen-bond acceptors (Lipinski definition) is 4. The third-order valence-corrected chi connectivity index (χ3v) is 6.25. The number of aromatic nitrogens is 2. The summed E-state index contributed by atoms with van der Waals surface area (Å²) in [6, 6.07) is 15.4. The first-order valence-electron chi connectivity index (χ1n) is 9.30. The summed E-state index contributed by atoms with van der Waals surface area (Å²) in [5.41, 5.74) is 2.03. The minimum Gasteiger partial charge on any atom is -0.368 e. The van der Waals surface area contributed by atoms with E-state index >= 15 is 0 Å². The minimum absolute atomic E-state index is 0.126. The van der Waals surface area contributed by atoms with Crippen molar-refractivity contribution in [2.45, 2.75) is 5.16 Å². The Hall–Kier alpha value is -2.15. The van der Waals surface area contributed by atoms with Crippen LogP contribution in [0.25, 0.3) is 5.69 Å². The van der Waals surface area contributed by atoms with Crippen LogP contribution >= 0.6 is 35.0 Å². The SMILES string of the molecule is O=C(CSc1nccn1-c1cccc(Cl)c1)N1CCN(c2cccc(Cl)c2)CC1. The van der Waals surface area contributed by atoms with Crippen molar-refractivity contribution >= 4 is 46.6 Å². The topological polar surface area (TPSA) is 41.4 Å². The van der Waals surface area contributed by atoms with Crippen LogP contribution in [0.1, 0.15) is 0 Å². The van der Waals surface area contributed by atoms with Gasteiger partial charge in [0.25, 0.3) is 0 Å². The second kappa shape index (κ2) is 9.11. The quantitative estimate of drug-likeness (QED) is 0.536. The molecule has 0 bridgehead atoms. The van der Waals surface area contributed by atoms with Gasteiger partial charge in [0.15, 0.2) is 5.16 Å². The first-order valence-corrected chi connectivity index (χ1v) is 11.0. The van der Waals surface area contributed by atoms with Gasteiger partial charge >= 0.3 is 0 Å². The van der Waals surface area contributed by atoms with Crippen LogP contribution in [-0.2, 0) is 4.79 Å². The molecule has 0 N–H and O–H groups in total.